The number of allylic oxidation sites excluding steroid dienone is 1. The van der Waals surface area contributed by atoms with Crippen molar-refractivity contribution in [2.75, 3.05) is 5.32 Å². The molecular weight excluding hydrogens is 412 g/mol. The number of carbonyl (C=O) groups is 1. The fourth-order valence-electron chi connectivity index (χ4n) is 4.65. The maximum absolute atomic E-state index is 13.3. The Kier molecular flexibility index (Phi) is 3.95. The van der Waals surface area contributed by atoms with E-state index in [1.165, 1.54) is 5.57 Å². The molecule has 2 heterocycles. The van der Waals surface area contributed by atoms with Crippen molar-refractivity contribution in [2.24, 2.45) is 5.41 Å². The van der Waals surface area contributed by atoms with Gasteiger partial charge in [-0.1, -0.05) is 48.0 Å². The molecule has 2 aromatic carbocycles. The number of pyridine rings is 1. The number of hydrogen-bond acceptors (Lipinski definition) is 3. The van der Waals surface area contributed by atoms with Gasteiger partial charge in [0, 0.05) is 39.3 Å². The molecule has 3 nitrogen and oxygen atoms in total. The molecule has 5 rings (SSSR count). The molecule has 4 heteroatoms. The highest BCUT2D eigenvalue weighted by molar-refractivity contribution is 9.10. The number of anilines is 1. The van der Waals surface area contributed by atoms with Crippen LogP contribution in [0, 0.1) is 5.41 Å². The van der Waals surface area contributed by atoms with Gasteiger partial charge in [-0.05, 0) is 53.3 Å². The first-order chi connectivity index (χ1) is 13.4. The first-order valence-electron chi connectivity index (χ1n) is 9.59. The molecule has 1 aliphatic carbocycles. The second-order valence-electron chi connectivity index (χ2n) is 8.52. The van der Waals surface area contributed by atoms with Crippen LogP contribution in [0.5, 0.6) is 0 Å². The summed E-state index contributed by atoms with van der Waals surface area (Å²) in [5.74, 6) is 0.246. The van der Waals surface area contributed by atoms with Gasteiger partial charge in [-0.15, -0.1) is 0 Å². The predicted molar refractivity (Wildman–Crippen MR) is 117 cm³/mol. The van der Waals surface area contributed by atoms with Gasteiger partial charge in [0.25, 0.3) is 0 Å². The Morgan fingerprint density at radius 1 is 1.11 bits per heavy atom. The molecule has 140 valence electrons. The first-order valence-corrected chi connectivity index (χ1v) is 10.4. The van der Waals surface area contributed by atoms with Crippen LogP contribution in [0.4, 0.5) is 5.69 Å². The molecule has 1 unspecified atom stereocenters. The standard InChI is InChI=1S/C24H21BrN2O/c1-24(2)12-17-21-16-7-4-10-26-18(16)8-9-19(21)27-23(22(17)20(28)13-24)14-5-3-6-15(25)11-14/h3-11,23,27H,12-13H2,1-2H3. The fourth-order valence-corrected chi connectivity index (χ4v) is 5.07. The number of nitrogens with one attached hydrogen (secondary N) is 1. The number of Topliss-reactive ketones (excluding diaryl/α,β-unsaturated/α-hetero) is 1. The van der Waals surface area contributed by atoms with Crippen LogP contribution < -0.4 is 5.32 Å². The van der Waals surface area contributed by atoms with Crippen LogP contribution in [0.3, 0.4) is 0 Å². The van der Waals surface area contributed by atoms with Crippen molar-refractivity contribution in [1.82, 2.24) is 4.98 Å². The molecule has 3 aromatic rings. The summed E-state index contributed by atoms with van der Waals surface area (Å²) in [6.45, 7) is 4.38. The zero-order chi connectivity index (χ0) is 19.5. The quantitative estimate of drug-likeness (QED) is 0.489. The number of aromatic nitrogens is 1. The van der Waals surface area contributed by atoms with E-state index in [0.717, 1.165) is 44.2 Å². The van der Waals surface area contributed by atoms with Gasteiger partial charge in [0.2, 0.25) is 0 Å². The van der Waals surface area contributed by atoms with E-state index < -0.39 is 0 Å². The lowest BCUT2D eigenvalue weighted by Gasteiger charge is -2.40. The van der Waals surface area contributed by atoms with Gasteiger partial charge in [-0.2, -0.15) is 0 Å². The fraction of sp³-hybridized carbons (Fsp3) is 0.250. The van der Waals surface area contributed by atoms with Crippen molar-refractivity contribution in [3.63, 3.8) is 0 Å². The van der Waals surface area contributed by atoms with Gasteiger partial charge in [-0.25, -0.2) is 0 Å². The molecule has 1 aromatic heterocycles. The minimum atomic E-state index is -0.127. The van der Waals surface area contributed by atoms with Crippen LogP contribution in [0.2, 0.25) is 0 Å². The summed E-state index contributed by atoms with van der Waals surface area (Å²) in [6.07, 6.45) is 3.29. The van der Waals surface area contributed by atoms with Crippen molar-refractivity contribution >= 4 is 43.9 Å². The maximum Gasteiger partial charge on any atom is 0.162 e. The Morgan fingerprint density at radius 3 is 2.79 bits per heavy atom. The lowest BCUT2D eigenvalue weighted by Crippen LogP contribution is -2.33. The molecular formula is C24H21BrN2O. The number of hydrogen-bond donors (Lipinski definition) is 1. The summed E-state index contributed by atoms with van der Waals surface area (Å²) in [7, 11) is 0. The average Bonchev–Trinajstić information content (AvgIpc) is 2.66. The Labute approximate surface area is 173 Å². The number of fused-ring (bicyclic) bond motifs is 4. The van der Waals surface area contributed by atoms with E-state index >= 15 is 0 Å². The zero-order valence-corrected chi connectivity index (χ0v) is 17.5. The minimum Gasteiger partial charge on any atom is -0.373 e. The van der Waals surface area contributed by atoms with E-state index in [9.17, 15) is 4.79 Å². The number of halogens is 1. The normalized spacial score (nSPS) is 20.5. The van der Waals surface area contributed by atoms with E-state index in [2.05, 4.69) is 70.4 Å². The van der Waals surface area contributed by atoms with Crippen LogP contribution in [0.1, 0.15) is 43.9 Å². The molecule has 0 fully saturated rings. The average molecular weight is 433 g/mol. The lowest BCUT2D eigenvalue weighted by molar-refractivity contribution is -0.118. The van der Waals surface area contributed by atoms with E-state index in [0.29, 0.717) is 6.42 Å². The number of ketones is 1. The maximum atomic E-state index is 13.3. The molecule has 0 saturated carbocycles. The van der Waals surface area contributed by atoms with E-state index in [-0.39, 0.29) is 17.2 Å². The van der Waals surface area contributed by atoms with Gasteiger partial charge < -0.3 is 5.32 Å². The van der Waals surface area contributed by atoms with Gasteiger partial charge in [0.15, 0.2) is 5.78 Å². The highest BCUT2D eigenvalue weighted by Crippen LogP contribution is 2.51. The van der Waals surface area contributed by atoms with Crippen LogP contribution >= 0.6 is 15.9 Å². The molecule has 0 bridgehead atoms. The van der Waals surface area contributed by atoms with Crippen molar-refractivity contribution in [3.8, 4) is 0 Å². The molecule has 0 saturated heterocycles. The molecule has 1 atom stereocenters. The summed E-state index contributed by atoms with van der Waals surface area (Å²) in [5, 5.41) is 4.77. The van der Waals surface area contributed by atoms with Crippen molar-refractivity contribution in [2.45, 2.75) is 32.7 Å². The lowest BCUT2D eigenvalue weighted by atomic mass is 9.68. The third-order valence-corrected chi connectivity index (χ3v) is 6.27. The summed E-state index contributed by atoms with van der Waals surface area (Å²) >= 11 is 3.58. The van der Waals surface area contributed by atoms with Crippen molar-refractivity contribution in [1.29, 1.82) is 0 Å². The predicted octanol–water partition coefficient (Wildman–Crippen LogP) is 6.31. The van der Waals surface area contributed by atoms with Gasteiger partial charge >= 0.3 is 0 Å². The highest BCUT2D eigenvalue weighted by Gasteiger charge is 2.40. The molecule has 0 spiro atoms. The van der Waals surface area contributed by atoms with Gasteiger partial charge in [0.05, 0.1) is 11.6 Å². The largest absolute Gasteiger partial charge is 0.373 e. The smallest absolute Gasteiger partial charge is 0.162 e. The molecule has 1 aliphatic heterocycles. The third-order valence-electron chi connectivity index (χ3n) is 5.78. The topological polar surface area (TPSA) is 42.0 Å². The number of nitrogens with zero attached hydrogens (tertiary/aromatic N) is 1. The monoisotopic (exact) mass is 432 g/mol. The summed E-state index contributed by atoms with van der Waals surface area (Å²) in [6, 6.07) is 16.3. The third kappa shape index (κ3) is 2.78. The zero-order valence-electron chi connectivity index (χ0n) is 15.9. The number of carbonyl (C=O) groups excluding carboxylic acids is 1. The molecule has 0 radical (unpaired) electrons. The summed E-state index contributed by atoms with van der Waals surface area (Å²) in [5.41, 5.74) is 6.34. The van der Waals surface area contributed by atoms with Gasteiger partial charge in [0.1, 0.15) is 0 Å². The Bertz CT molecular complexity index is 1160. The SMILES string of the molecule is CC1(C)CC(=O)C2=C(C1)c1c(ccc3ncccc13)NC2c1cccc(Br)c1. The molecule has 0 amide bonds. The minimum absolute atomic E-state index is 0.0449. The van der Waals surface area contributed by atoms with Gasteiger partial charge in [-0.3, -0.25) is 9.78 Å². The Hall–Kier alpha value is -2.46. The molecule has 28 heavy (non-hydrogen) atoms. The second kappa shape index (κ2) is 6.28. The summed E-state index contributed by atoms with van der Waals surface area (Å²) < 4.78 is 1.02. The van der Waals surface area contributed by atoms with E-state index in [1.807, 2.05) is 24.4 Å². The number of rotatable bonds is 1. The molecule has 1 N–H and O–H groups in total. The summed E-state index contributed by atoms with van der Waals surface area (Å²) in [4.78, 5) is 17.9. The van der Waals surface area contributed by atoms with Crippen LogP contribution in [0.25, 0.3) is 16.5 Å². The van der Waals surface area contributed by atoms with Crippen molar-refractivity contribution < 1.29 is 4.79 Å². The Morgan fingerprint density at radius 2 is 1.96 bits per heavy atom. The highest BCUT2D eigenvalue weighted by atomic mass is 79.9. The molecule has 2 aliphatic rings. The van der Waals surface area contributed by atoms with E-state index in [1.54, 1.807) is 0 Å². The van der Waals surface area contributed by atoms with Crippen LogP contribution in [-0.2, 0) is 4.79 Å². The van der Waals surface area contributed by atoms with E-state index in [4.69, 9.17) is 0 Å². The number of benzene rings is 2. The Balaban J connectivity index is 1.81. The first kappa shape index (κ1) is 17.6. The van der Waals surface area contributed by atoms with Crippen LogP contribution in [-0.4, -0.2) is 10.8 Å². The van der Waals surface area contributed by atoms with Crippen LogP contribution in [0.15, 0.2) is 64.8 Å². The van der Waals surface area contributed by atoms with Crippen molar-refractivity contribution in [3.05, 3.63) is 75.9 Å². The second-order valence-corrected chi connectivity index (χ2v) is 9.44.